The smallest absolute Gasteiger partial charge is 0.274 e. The van der Waals surface area contributed by atoms with E-state index in [2.05, 4.69) is 30.8 Å². The van der Waals surface area contributed by atoms with Crippen molar-refractivity contribution in [2.24, 2.45) is 5.92 Å². The third-order valence-corrected chi connectivity index (χ3v) is 6.96. The van der Waals surface area contributed by atoms with E-state index in [4.69, 9.17) is 0 Å². The van der Waals surface area contributed by atoms with Gasteiger partial charge in [-0.25, -0.2) is 26.9 Å². The Kier molecular flexibility index (Phi) is 8.50. The van der Waals surface area contributed by atoms with Crippen molar-refractivity contribution in [3.05, 3.63) is 41.5 Å². The lowest BCUT2D eigenvalue weighted by molar-refractivity contribution is -0.129. The normalized spacial score (nSPS) is 18.8. The van der Waals surface area contributed by atoms with Gasteiger partial charge in [0.05, 0.1) is 35.9 Å². The molecule has 1 aliphatic carbocycles. The third-order valence-electron chi connectivity index (χ3n) is 6.96. The van der Waals surface area contributed by atoms with Gasteiger partial charge in [0, 0.05) is 12.8 Å². The van der Waals surface area contributed by atoms with Crippen molar-refractivity contribution in [2.75, 3.05) is 6.67 Å². The molecule has 0 saturated heterocycles. The quantitative estimate of drug-likeness (QED) is 0.323. The summed E-state index contributed by atoms with van der Waals surface area (Å²) in [5.74, 6) is -4.51. The minimum atomic E-state index is -2.76. The number of amides is 2. The number of aromatic nitrogens is 5. The largest absolute Gasteiger partial charge is 0.347 e. The van der Waals surface area contributed by atoms with Gasteiger partial charge in [-0.05, 0) is 50.3 Å². The molecule has 0 aliphatic heterocycles. The first kappa shape index (κ1) is 28.4. The van der Waals surface area contributed by atoms with E-state index in [1.807, 2.05) is 6.92 Å². The van der Waals surface area contributed by atoms with Crippen molar-refractivity contribution in [3.8, 4) is 0 Å². The minimum absolute atomic E-state index is 0.0837. The topological polar surface area (TPSA) is 118 Å². The zero-order valence-electron chi connectivity index (χ0n) is 21.4. The molecule has 0 spiro atoms. The summed E-state index contributed by atoms with van der Waals surface area (Å²) in [7, 11) is 0. The molecule has 1 aliphatic rings. The first-order valence-corrected chi connectivity index (χ1v) is 12.7. The zero-order chi connectivity index (χ0) is 28.3. The van der Waals surface area contributed by atoms with Crippen molar-refractivity contribution >= 4 is 22.8 Å². The zero-order valence-corrected chi connectivity index (χ0v) is 21.4. The molecule has 0 bridgehead atoms. The van der Waals surface area contributed by atoms with E-state index in [0.717, 1.165) is 0 Å². The number of nitrogens with zero attached hydrogens (tertiary/aromatic N) is 4. The lowest BCUT2D eigenvalue weighted by Gasteiger charge is -2.33. The Morgan fingerprint density at radius 1 is 1.21 bits per heavy atom. The summed E-state index contributed by atoms with van der Waals surface area (Å²) in [6, 6.07) is 3.46. The van der Waals surface area contributed by atoms with Crippen molar-refractivity contribution in [1.29, 1.82) is 0 Å². The van der Waals surface area contributed by atoms with Crippen LogP contribution in [0.15, 0.2) is 24.4 Å². The number of imidazole rings is 1. The van der Waals surface area contributed by atoms with Crippen LogP contribution < -0.4 is 10.6 Å². The summed E-state index contributed by atoms with van der Waals surface area (Å²) in [5.41, 5.74) is 1.64. The summed E-state index contributed by atoms with van der Waals surface area (Å²) in [6.45, 7) is 2.23. The average molecular weight is 556 g/mol. The molecule has 3 aromatic rings. The molecular weight excluding hydrogens is 525 g/mol. The molecule has 3 N–H and O–H groups in total. The van der Waals surface area contributed by atoms with E-state index in [9.17, 15) is 31.5 Å². The summed E-state index contributed by atoms with van der Waals surface area (Å²) in [4.78, 5) is 34.0. The number of halogens is 5. The molecule has 212 valence electrons. The number of nitrogens with one attached hydrogen (secondary N) is 3. The van der Waals surface area contributed by atoms with Gasteiger partial charge in [0.1, 0.15) is 12.5 Å². The van der Waals surface area contributed by atoms with Crippen molar-refractivity contribution < 1.29 is 31.5 Å². The molecule has 1 saturated carbocycles. The molecule has 4 atom stereocenters. The van der Waals surface area contributed by atoms with Crippen molar-refractivity contribution in [2.45, 2.75) is 76.4 Å². The number of benzene rings is 1. The Bertz CT molecular complexity index is 1300. The molecular formula is C25H30F5N7O2. The van der Waals surface area contributed by atoms with E-state index in [-0.39, 0.29) is 37.3 Å². The van der Waals surface area contributed by atoms with Gasteiger partial charge in [-0.15, -0.1) is 5.10 Å². The number of hydrogen-bond acceptors (Lipinski definition) is 5. The summed E-state index contributed by atoms with van der Waals surface area (Å²) >= 11 is 0. The predicted octanol–water partition coefficient (Wildman–Crippen LogP) is 4.29. The highest BCUT2D eigenvalue weighted by Gasteiger charge is 2.39. The van der Waals surface area contributed by atoms with Gasteiger partial charge >= 0.3 is 0 Å². The number of alkyl halides is 5. The van der Waals surface area contributed by atoms with Crippen LogP contribution in [0.25, 0.3) is 11.0 Å². The molecule has 4 rings (SSSR count). The van der Waals surface area contributed by atoms with Gasteiger partial charge in [-0.1, -0.05) is 6.07 Å². The van der Waals surface area contributed by atoms with Crippen LogP contribution in [0.2, 0.25) is 0 Å². The molecule has 2 amide bonds. The van der Waals surface area contributed by atoms with E-state index in [1.54, 1.807) is 25.1 Å². The maximum absolute atomic E-state index is 13.9. The number of aromatic amines is 1. The summed E-state index contributed by atoms with van der Waals surface area (Å²) < 4.78 is 67.1. The Morgan fingerprint density at radius 3 is 2.56 bits per heavy atom. The lowest BCUT2D eigenvalue weighted by atomic mass is 9.81. The van der Waals surface area contributed by atoms with Gasteiger partial charge in [0.15, 0.2) is 11.9 Å². The number of H-pyrrole nitrogens is 1. The first-order chi connectivity index (χ1) is 18.5. The molecule has 39 heavy (non-hydrogen) atoms. The van der Waals surface area contributed by atoms with Crippen LogP contribution in [0, 0.1) is 5.92 Å². The first-order valence-electron chi connectivity index (χ1n) is 12.7. The Balaban J connectivity index is 1.57. The van der Waals surface area contributed by atoms with Crippen LogP contribution in [-0.2, 0) is 11.3 Å². The maximum atomic E-state index is 13.9. The highest BCUT2D eigenvalue weighted by Crippen LogP contribution is 2.41. The summed E-state index contributed by atoms with van der Waals surface area (Å²) in [6.07, 6.45) is -4.14. The molecule has 0 radical (unpaired) electrons. The van der Waals surface area contributed by atoms with Crippen LogP contribution in [0.3, 0.4) is 0 Å². The van der Waals surface area contributed by atoms with Gasteiger partial charge in [-0.3, -0.25) is 9.59 Å². The standard InChI is InChI=1S/C25H30F5N7O2/c1-3-37-31-12-19(36-37)23(38)35-21(14-6-8-25(29,30)9-7-14)22-33-17-5-4-15(10-18(17)34-22)13(2)32-24(39)20(28)16(27)11-26/h4-5,10,12-14,16,20-21H,3,6-9,11H2,1-2H3,(H,32,39)(H,33,34)(H,35,38)/t13-,16?,20?,21+/m1/s1. The van der Waals surface area contributed by atoms with Crippen molar-refractivity contribution in [3.63, 3.8) is 0 Å². The van der Waals surface area contributed by atoms with Crippen LogP contribution in [-0.4, -0.2) is 61.7 Å². The summed E-state index contributed by atoms with van der Waals surface area (Å²) in [5, 5.41) is 13.3. The minimum Gasteiger partial charge on any atom is -0.347 e. The fraction of sp³-hybridized carbons (Fsp3) is 0.560. The number of fused-ring (bicyclic) bond motifs is 1. The Morgan fingerprint density at radius 2 is 1.92 bits per heavy atom. The molecule has 2 unspecified atom stereocenters. The second-order valence-electron chi connectivity index (χ2n) is 9.76. The Labute approximate surface area is 220 Å². The highest BCUT2D eigenvalue weighted by molar-refractivity contribution is 5.92. The molecule has 1 aromatic carbocycles. The van der Waals surface area contributed by atoms with Gasteiger partial charge in [-0.2, -0.15) is 9.90 Å². The molecule has 2 aromatic heterocycles. The number of carbonyl (C=O) groups is 2. The second kappa shape index (κ2) is 11.7. The van der Waals surface area contributed by atoms with Crippen molar-refractivity contribution in [1.82, 2.24) is 35.6 Å². The molecule has 1 fully saturated rings. The third kappa shape index (κ3) is 6.53. The molecule has 2 heterocycles. The molecule has 14 heteroatoms. The number of rotatable bonds is 10. The monoisotopic (exact) mass is 555 g/mol. The second-order valence-corrected chi connectivity index (χ2v) is 9.76. The Hall–Kier alpha value is -3.58. The van der Waals surface area contributed by atoms with E-state index in [1.165, 1.54) is 11.0 Å². The van der Waals surface area contributed by atoms with E-state index in [0.29, 0.717) is 29.0 Å². The highest BCUT2D eigenvalue weighted by atomic mass is 19.3. The number of carbonyl (C=O) groups excluding carboxylic acids is 2. The number of aryl methyl sites for hydroxylation is 1. The number of hydrogen-bond donors (Lipinski definition) is 3. The fourth-order valence-electron chi connectivity index (χ4n) is 4.66. The maximum Gasteiger partial charge on any atom is 0.274 e. The SMILES string of the molecule is CCn1ncc(C(=O)N[C@H](c2nc3ccc([C@@H](C)NC(=O)C(F)C(F)CF)cc3[nH]2)C2CCC(F)(F)CC2)n1. The van der Waals surface area contributed by atoms with Crippen LogP contribution >= 0.6 is 0 Å². The van der Waals surface area contributed by atoms with Crippen LogP contribution in [0.1, 0.15) is 73.5 Å². The van der Waals surface area contributed by atoms with Gasteiger partial charge in [0.2, 0.25) is 12.1 Å². The average Bonchev–Trinajstić information content (AvgIpc) is 3.57. The predicted molar refractivity (Wildman–Crippen MR) is 131 cm³/mol. The lowest BCUT2D eigenvalue weighted by Crippen LogP contribution is -2.39. The fourth-order valence-corrected chi connectivity index (χ4v) is 4.66. The van der Waals surface area contributed by atoms with E-state index < -0.39 is 48.8 Å². The van der Waals surface area contributed by atoms with Crippen LogP contribution in [0.4, 0.5) is 22.0 Å². The van der Waals surface area contributed by atoms with Crippen LogP contribution in [0.5, 0.6) is 0 Å². The molecule has 9 nitrogen and oxygen atoms in total. The van der Waals surface area contributed by atoms with Gasteiger partial charge in [0.25, 0.3) is 11.8 Å². The van der Waals surface area contributed by atoms with E-state index >= 15 is 0 Å². The van der Waals surface area contributed by atoms with Gasteiger partial charge < -0.3 is 15.6 Å².